The Kier molecular flexibility index (Phi) is 2.81. The molecule has 4 aliphatic carbocycles. The summed E-state index contributed by atoms with van der Waals surface area (Å²) in [5.41, 5.74) is -0.316. The summed E-state index contributed by atoms with van der Waals surface area (Å²) < 4.78 is 5.58. The van der Waals surface area contributed by atoms with E-state index in [1.807, 2.05) is 0 Å². The van der Waals surface area contributed by atoms with Gasteiger partial charge < -0.3 is 4.74 Å². The van der Waals surface area contributed by atoms with Crippen LogP contribution >= 0.6 is 0 Å². The van der Waals surface area contributed by atoms with Gasteiger partial charge in [0, 0.05) is 11.8 Å². The molecule has 0 aromatic rings. The molecule has 2 unspecified atom stereocenters. The smallest absolute Gasteiger partial charge is 0.312 e. The molecule has 2 atom stereocenters. The molecule has 0 N–H and O–H groups in total. The molecule has 0 aromatic carbocycles. The number of Topliss-reactive ketones (excluding diaryl/α,β-unsaturated/α-hetero) is 1. The highest BCUT2D eigenvalue weighted by Gasteiger charge is 2.59. The maximum atomic E-state index is 12.5. The lowest BCUT2D eigenvalue weighted by Gasteiger charge is -2.54. The summed E-state index contributed by atoms with van der Waals surface area (Å²) in [5.74, 6) is 1.27. The third-order valence-corrected chi connectivity index (χ3v) is 5.06. The van der Waals surface area contributed by atoms with Gasteiger partial charge in [-0.1, -0.05) is 20.8 Å². The van der Waals surface area contributed by atoms with Crippen LogP contribution in [-0.2, 0) is 14.3 Å². The second-order valence-electron chi connectivity index (χ2n) is 8.16. The largest absolute Gasteiger partial charge is 0.465 e. The zero-order valence-electron chi connectivity index (χ0n) is 12.2. The van der Waals surface area contributed by atoms with Gasteiger partial charge in [-0.3, -0.25) is 9.59 Å². The molecule has 3 nitrogen and oxygen atoms in total. The predicted octanol–water partition coefficient (Wildman–Crippen LogP) is 2.97. The molecular weight excluding hydrogens is 240 g/mol. The molecule has 4 bridgehead atoms. The van der Waals surface area contributed by atoms with Gasteiger partial charge in [0.15, 0.2) is 0 Å². The van der Waals surface area contributed by atoms with E-state index in [1.165, 1.54) is 0 Å². The SMILES string of the molecule is CC(C)(C)COC(=O)C12CC3CC(C1)C(=O)C(C3)C2. The molecule has 0 spiro atoms. The average molecular weight is 264 g/mol. The number of carbonyl (C=O) groups is 2. The van der Waals surface area contributed by atoms with E-state index in [2.05, 4.69) is 20.8 Å². The molecule has 0 amide bonds. The van der Waals surface area contributed by atoms with Gasteiger partial charge in [-0.15, -0.1) is 0 Å². The van der Waals surface area contributed by atoms with Gasteiger partial charge in [0.2, 0.25) is 0 Å². The first kappa shape index (κ1) is 13.1. The molecule has 0 heterocycles. The molecule has 0 aromatic heterocycles. The first-order valence-electron chi connectivity index (χ1n) is 7.50. The number of rotatable bonds is 2. The summed E-state index contributed by atoms with van der Waals surface area (Å²) in [6, 6.07) is 0. The van der Waals surface area contributed by atoms with Gasteiger partial charge in [0.05, 0.1) is 12.0 Å². The number of ether oxygens (including phenoxy) is 1. The highest BCUT2D eigenvalue weighted by molar-refractivity contribution is 5.89. The van der Waals surface area contributed by atoms with Crippen LogP contribution in [0.2, 0.25) is 0 Å². The van der Waals surface area contributed by atoms with Crippen LogP contribution in [0.5, 0.6) is 0 Å². The van der Waals surface area contributed by atoms with Gasteiger partial charge in [-0.05, 0) is 43.4 Å². The second kappa shape index (κ2) is 4.07. The maximum Gasteiger partial charge on any atom is 0.312 e. The minimum atomic E-state index is -0.324. The third kappa shape index (κ3) is 2.21. The van der Waals surface area contributed by atoms with Crippen LogP contribution in [0.1, 0.15) is 52.9 Å². The minimum Gasteiger partial charge on any atom is -0.465 e. The van der Waals surface area contributed by atoms with Crippen LogP contribution in [0.3, 0.4) is 0 Å². The fourth-order valence-electron chi connectivity index (χ4n) is 4.43. The number of hydrogen-bond donors (Lipinski definition) is 0. The van der Waals surface area contributed by atoms with Crippen LogP contribution in [-0.4, -0.2) is 18.4 Å². The number of ketones is 1. The van der Waals surface area contributed by atoms with Gasteiger partial charge in [0.1, 0.15) is 5.78 Å². The van der Waals surface area contributed by atoms with Gasteiger partial charge in [-0.25, -0.2) is 0 Å². The Balaban J connectivity index is 1.74. The molecule has 4 rings (SSSR count). The van der Waals surface area contributed by atoms with Crippen molar-refractivity contribution in [2.45, 2.75) is 52.9 Å². The molecule has 4 saturated carbocycles. The van der Waals surface area contributed by atoms with Crippen molar-refractivity contribution in [3.8, 4) is 0 Å². The lowest BCUT2D eigenvalue weighted by atomic mass is 9.49. The Morgan fingerprint density at radius 1 is 1.21 bits per heavy atom. The molecule has 4 aliphatic rings. The fourth-order valence-corrected chi connectivity index (χ4v) is 4.43. The van der Waals surface area contributed by atoms with E-state index in [1.54, 1.807) is 0 Å². The monoisotopic (exact) mass is 264 g/mol. The normalized spacial score (nSPS) is 40.6. The van der Waals surface area contributed by atoms with E-state index in [9.17, 15) is 9.59 Å². The highest BCUT2D eigenvalue weighted by atomic mass is 16.5. The summed E-state index contributed by atoms with van der Waals surface area (Å²) in [7, 11) is 0. The van der Waals surface area contributed by atoms with Crippen molar-refractivity contribution >= 4 is 11.8 Å². The van der Waals surface area contributed by atoms with E-state index in [4.69, 9.17) is 4.74 Å². The zero-order chi connectivity index (χ0) is 13.8. The minimum absolute atomic E-state index is 0.00771. The van der Waals surface area contributed by atoms with Crippen molar-refractivity contribution in [2.24, 2.45) is 28.6 Å². The highest BCUT2D eigenvalue weighted by Crippen LogP contribution is 2.59. The molecular formula is C16H24O3. The molecule has 0 saturated heterocycles. The Labute approximate surface area is 115 Å². The number of hydrogen-bond acceptors (Lipinski definition) is 3. The van der Waals surface area contributed by atoms with E-state index < -0.39 is 0 Å². The lowest BCUT2D eigenvalue weighted by molar-refractivity contribution is -0.176. The van der Waals surface area contributed by atoms with E-state index in [0.29, 0.717) is 18.3 Å². The Bertz CT molecular complexity index is 400. The summed E-state index contributed by atoms with van der Waals surface area (Å²) in [6.45, 7) is 6.69. The maximum absolute atomic E-state index is 12.5. The van der Waals surface area contributed by atoms with Crippen LogP contribution in [0.25, 0.3) is 0 Å². The Hall–Kier alpha value is -0.860. The van der Waals surface area contributed by atoms with Gasteiger partial charge >= 0.3 is 5.97 Å². The summed E-state index contributed by atoms with van der Waals surface area (Å²) in [5, 5.41) is 0. The van der Waals surface area contributed by atoms with Crippen LogP contribution < -0.4 is 0 Å². The quantitative estimate of drug-likeness (QED) is 0.720. The van der Waals surface area contributed by atoms with Crippen molar-refractivity contribution in [1.82, 2.24) is 0 Å². The molecule has 19 heavy (non-hydrogen) atoms. The van der Waals surface area contributed by atoms with Gasteiger partial charge in [0.25, 0.3) is 0 Å². The summed E-state index contributed by atoms with van der Waals surface area (Å²) in [6.07, 6.45) is 4.49. The Morgan fingerprint density at radius 2 is 1.79 bits per heavy atom. The third-order valence-electron chi connectivity index (χ3n) is 5.06. The van der Waals surface area contributed by atoms with Crippen LogP contribution in [0.4, 0.5) is 0 Å². The topological polar surface area (TPSA) is 43.4 Å². The van der Waals surface area contributed by atoms with Crippen molar-refractivity contribution in [3.63, 3.8) is 0 Å². The van der Waals surface area contributed by atoms with Gasteiger partial charge in [-0.2, -0.15) is 0 Å². The van der Waals surface area contributed by atoms with E-state index in [-0.39, 0.29) is 28.6 Å². The van der Waals surface area contributed by atoms with Crippen molar-refractivity contribution < 1.29 is 14.3 Å². The van der Waals surface area contributed by atoms with Crippen LogP contribution in [0.15, 0.2) is 0 Å². The molecule has 0 aliphatic heterocycles. The first-order valence-corrected chi connectivity index (χ1v) is 7.50. The summed E-state index contributed by atoms with van der Waals surface area (Å²) >= 11 is 0. The predicted molar refractivity (Wildman–Crippen MR) is 71.4 cm³/mol. The zero-order valence-corrected chi connectivity index (χ0v) is 12.2. The standard InChI is InChI=1S/C16H24O3/c1-15(2,3)9-19-14(18)16-6-10-4-11(7-16)13(17)12(5-10)8-16/h10-12H,4-9H2,1-3H3. The second-order valence-corrected chi connectivity index (χ2v) is 8.16. The van der Waals surface area contributed by atoms with E-state index >= 15 is 0 Å². The average Bonchev–Trinajstić information content (AvgIpc) is 2.30. The number of esters is 1. The van der Waals surface area contributed by atoms with Crippen molar-refractivity contribution in [1.29, 1.82) is 0 Å². The molecule has 0 radical (unpaired) electrons. The number of carbonyl (C=O) groups excluding carboxylic acids is 2. The molecule has 4 fully saturated rings. The lowest BCUT2D eigenvalue weighted by Crippen LogP contribution is -2.55. The fraction of sp³-hybridized carbons (Fsp3) is 0.875. The Morgan fingerprint density at radius 3 is 2.32 bits per heavy atom. The van der Waals surface area contributed by atoms with Crippen molar-refractivity contribution in [3.05, 3.63) is 0 Å². The first-order chi connectivity index (χ1) is 8.79. The summed E-state index contributed by atoms with van der Waals surface area (Å²) in [4.78, 5) is 24.6. The molecule has 106 valence electrons. The van der Waals surface area contributed by atoms with Crippen molar-refractivity contribution in [2.75, 3.05) is 6.61 Å². The van der Waals surface area contributed by atoms with Crippen LogP contribution in [0, 0.1) is 28.6 Å². The van der Waals surface area contributed by atoms with E-state index in [0.717, 1.165) is 32.1 Å². The molecule has 3 heteroatoms.